The van der Waals surface area contributed by atoms with Crippen molar-refractivity contribution in [3.05, 3.63) is 23.7 Å². The number of carbonyl (C=O) groups excluding carboxylic acids is 2. The molecule has 0 rings (SSSR count). The summed E-state index contributed by atoms with van der Waals surface area (Å²) in [5.74, 6) is -10.0. The zero-order chi connectivity index (χ0) is 21.7. The summed E-state index contributed by atoms with van der Waals surface area (Å²) in [6, 6.07) is 0. The number of alkyl halides is 12. The van der Waals surface area contributed by atoms with Gasteiger partial charge in [-0.2, -0.15) is 52.7 Å². The third-order valence-corrected chi connectivity index (χ3v) is 1.71. The van der Waals surface area contributed by atoms with Crippen LogP contribution in [0.15, 0.2) is 23.7 Å². The van der Waals surface area contributed by atoms with Gasteiger partial charge in [0.05, 0.1) is 12.2 Å². The van der Waals surface area contributed by atoms with Crippen molar-refractivity contribution in [2.75, 3.05) is 0 Å². The van der Waals surface area contributed by atoms with Crippen molar-refractivity contribution >= 4 is 11.6 Å². The summed E-state index contributed by atoms with van der Waals surface area (Å²) in [7, 11) is 0. The minimum absolute atomic E-state index is 0. The summed E-state index contributed by atoms with van der Waals surface area (Å²) in [5, 5.41) is 15.9. The van der Waals surface area contributed by atoms with E-state index in [4.69, 9.17) is 19.8 Å². The largest absolute Gasteiger partial charge is 0.509 e. The fraction of sp³-hybridized carbons (Fsp3) is 0.400. The molecule has 0 saturated carbocycles. The van der Waals surface area contributed by atoms with E-state index < -0.39 is 59.9 Å². The van der Waals surface area contributed by atoms with Gasteiger partial charge in [0, 0.05) is 17.1 Å². The second kappa shape index (κ2) is 9.87. The molecule has 0 unspecified atom stereocenters. The maximum Gasteiger partial charge on any atom is 0.509 e. The van der Waals surface area contributed by atoms with Crippen molar-refractivity contribution < 1.29 is 89.6 Å². The second-order valence-corrected chi connectivity index (χ2v) is 3.82. The quantitative estimate of drug-likeness (QED) is 0.204. The van der Waals surface area contributed by atoms with E-state index in [-0.39, 0.29) is 17.1 Å². The van der Waals surface area contributed by atoms with Crippen molar-refractivity contribution in [3.63, 3.8) is 0 Å². The SMILES string of the molecule is O/C(=C\C(=[OH+])C(F)(F)F)C(F)(F)F.O/C(=C\C(=[OH+])C(F)(F)F)C(F)(F)F.[Cu]. The van der Waals surface area contributed by atoms with Crippen LogP contribution >= 0.6 is 0 Å². The Bertz CT molecular complexity index is 527. The van der Waals surface area contributed by atoms with Gasteiger partial charge in [-0.3, -0.25) is 9.59 Å². The molecule has 0 aliphatic rings. The molecule has 0 heterocycles. The van der Waals surface area contributed by atoms with Crippen molar-refractivity contribution in [3.8, 4) is 0 Å². The van der Waals surface area contributed by atoms with Gasteiger partial charge in [0.15, 0.2) is 0 Å². The Morgan fingerprint density at radius 1 is 0.519 bits per heavy atom. The Morgan fingerprint density at radius 2 is 0.704 bits per heavy atom. The molecular weight excluding hydrogens is 476 g/mol. The average molecular weight is 482 g/mol. The van der Waals surface area contributed by atoms with Crippen molar-refractivity contribution in [1.82, 2.24) is 0 Å². The van der Waals surface area contributed by atoms with E-state index in [0.717, 1.165) is 0 Å². The first kappa shape index (κ1) is 29.8. The van der Waals surface area contributed by atoms with Crippen LogP contribution < -0.4 is 0 Å². The fourth-order valence-electron chi connectivity index (χ4n) is 0.586. The van der Waals surface area contributed by atoms with Gasteiger partial charge in [-0.15, -0.1) is 0 Å². The van der Waals surface area contributed by atoms with Gasteiger partial charge in [-0.1, -0.05) is 0 Å². The maximum atomic E-state index is 11.4. The average Bonchev–Trinajstić information content (AvgIpc) is 2.34. The second-order valence-electron chi connectivity index (χ2n) is 3.82. The Kier molecular flexibility index (Phi) is 10.9. The van der Waals surface area contributed by atoms with Crippen molar-refractivity contribution in [2.24, 2.45) is 0 Å². The van der Waals surface area contributed by atoms with Crippen LogP contribution in [-0.4, -0.2) is 56.1 Å². The molecule has 27 heavy (non-hydrogen) atoms. The fourth-order valence-corrected chi connectivity index (χ4v) is 0.586. The number of hydrogen-bond donors (Lipinski definition) is 2. The topological polar surface area (TPSA) is 83.3 Å². The summed E-state index contributed by atoms with van der Waals surface area (Å²) < 4.78 is 137. The number of halogens is 12. The molecule has 0 aliphatic heterocycles. The molecule has 4 N–H and O–H groups in total. The van der Waals surface area contributed by atoms with Crippen LogP contribution in [0, 0.1) is 0 Å². The van der Waals surface area contributed by atoms with Gasteiger partial charge < -0.3 is 10.2 Å². The minimum Gasteiger partial charge on any atom is -0.504 e. The molecule has 0 fully saturated rings. The zero-order valence-electron chi connectivity index (χ0n) is 11.8. The van der Waals surface area contributed by atoms with Gasteiger partial charge in [0.2, 0.25) is 11.5 Å². The predicted molar refractivity (Wildman–Crippen MR) is 59.5 cm³/mol. The third kappa shape index (κ3) is 13.0. The third-order valence-electron chi connectivity index (χ3n) is 1.71. The Balaban J connectivity index is -0.000000411. The molecule has 0 saturated heterocycles. The van der Waals surface area contributed by atoms with E-state index in [9.17, 15) is 52.7 Å². The smallest absolute Gasteiger partial charge is 0.504 e. The van der Waals surface area contributed by atoms with Crippen LogP contribution in [0.25, 0.3) is 0 Å². The van der Waals surface area contributed by atoms with Crippen molar-refractivity contribution in [1.29, 1.82) is 0 Å². The van der Waals surface area contributed by atoms with E-state index in [1.165, 1.54) is 0 Å². The standard InChI is InChI=1S/2C5H2F6O2.Cu/c2*6-4(7,8)2(12)1-3(13)5(9,10)11;/h2*1,12H;/p+2/b2*2-1-;. The summed E-state index contributed by atoms with van der Waals surface area (Å²) in [6.07, 6.45) is -22.8. The molecule has 0 aromatic rings. The minimum atomic E-state index is -5.31. The van der Waals surface area contributed by atoms with Crippen LogP contribution in [-0.2, 0) is 17.1 Å². The van der Waals surface area contributed by atoms with Crippen LogP contribution in [0.2, 0.25) is 0 Å². The Labute approximate surface area is 150 Å². The number of aliphatic hydroxyl groups is 2. The summed E-state index contributed by atoms with van der Waals surface area (Å²) in [6.45, 7) is 0. The molecule has 0 amide bonds. The first-order valence-electron chi connectivity index (χ1n) is 5.32. The van der Waals surface area contributed by atoms with Crippen molar-refractivity contribution in [2.45, 2.75) is 24.7 Å². The molecule has 4 nitrogen and oxygen atoms in total. The molecule has 163 valence electrons. The van der Waals surface area contributed by atoms with Gasteiger partial charge in [-0.05, 0) is 0 Å². The molecule has 0 aliphatic carbocycles. The van der Waals surface area contributed by atoms with E-state index in [1.54, 1.807) is 0 Å². The van der Waals surface area contributed by atoms with Gasteiger partial charge in [0.25, 0.3) is 0 Å². The van der Waals surface area contributed by atoms with Crippen LogP contribution in [0.3, 0.4) is 0 Å². The Morgan fingerprint density at radius 3 is 0.815 bits per heavy atom. The van der Waals surface area contributed by atoms with E-state index >= 15 is 0 Å². The van der Waals surface area contributed by atoms with Crippen LogP contribution in [0.4, 0.5) is 52.7 Å². The zero-order valence-corrected chi connectivity index (χ0v) is 12.7. The monoisotopic (exact) mass is 481 g/mol. The number of hydrogen-bond acceptors (Lipinski definition) is 2. The van der Waals surface area contributed by atoms with E-state index in [1.807, 2.05) is 0 Å². The summed E-state index contributed by atoms with van der Waals surface area (Å²) in [4.78, 5) is 15.9. The predicted octanol–water partition coefficient (Wildman–Crippen LogP) is 4.19. The molecule has 0 spiro atoms. The first-order chi connectivity index (χ1) is 11.1. The van der Waals surface area contributed by atoms with Crippen LogP contribution in [0.1, 0.15) is 0 Å². The molecular formula is C10H6CuF12O4+2. The van der Waals surface area contributed by atoms with E-state index in [0.29, 0.717) is 0 Å². The summed E-state index contributed by atoms with van der Waals surface area (Å²) in [5.41, 5.74) is 0. The van der Waals surface area contributed by atoms with Gasteiger partial charge in [-0.25, -0.2) is 0 Å². The van der Waals surface area contributed by atoms with E-state index in [2.05, 4.69) is 0 Å². The molecule has 17 heteroatoms. The molecule has 0 bridgehead atoms. The number of rotatable bonds is 2. The number of aliphatic hydroxyl groups excluding tert-OH is 2. The normalized spacial score (nSPS) is 13.9. The first-order valence-corrected chi connectivity index (χ1v) is 5.32. The number of ketones is 2. The molecule has 0 aromatic heterocycles. The number of allylic oxidation sites excluding steroid dienone is 4. The Hall–Kier alpha value is -1.90. The van der Waals surface area contributed by atoms with Crippen LogP contribution in [0.5, 0.6) is 0 Å². The van der Waals surface area contributed by atoms with Gasteiger partial charge in [0.1, 0.15) is 0 Å². The molecule has 0 atom stereocenters. The summed E-state index contributed by atoms with van der Waals surface area (Å²) >= 11 is 0. The maximum absolute atomic E-state index is 11.4. The molecule has 1 radical (unpaired) electrons. The molecule has 0 aromatic carbocycles. The van der Waals surface area contributed by atoms with Gasteiger partial charge >= 0.3 is 36.3 Å².